The van der Waals surface area contributed by atoms with Crippen LogP contribution in [0.5, 0.6) is 0 Å². The van der Waals surface area contributed by atoms with Crippen molar-refractivity contribution < 1.29 is 0 Å². The molecule has 2 heterocycles. The number of aromatic nitrogens is 3. The minimum Gasteiger partial charge on any atom is -0.317 e. The second kappa shape index (κ2) is 5.68. The number of hydrogen-bond donors (Lipinski definition) is 1. The van der Waals surface area contributed by atoms with E-state index in [-0.39, 0.29) is 5.56 Å². The molecule has 0 saturated carbocycles. The first-order valence-electron chi connectivity index (χ1n) is 8.96. The third-order valence-electron chi connectivity index (χ3n) is 5.22. The summed E-state index contributed by atoms with van der Waals surface area (Å²) in [6, 6.07) is 17.7. The van der Waals surface area contributed by atoms with Crippen LogP contribution in [0.25, 0.3) is 28.2 Å². The Morgan fingerprint density at radius 1 is 1.22 bits per heavy atom. The molecule has 5 heteroatoms. The fraction of sp³-hybridized carbons (Fsp3) is 0.136. The second-order valence-corrected chi connectivity index (χ2v) is 6.72. The normalized spacial score (nSPS) is 12.0. The zero-order chi connectivity index (χ0) is 18.5. The van der Waals surface area contributed by atoms with Crippen molar-refractivity contribution >= 4 is 5.65 Å². The number of hydrogen-bond acceptors (Lipinski definition) is 3. The van der Waals surface area contributed by atoms with Crippen molar-refractivity contribution in [1.82, 2.24) is 14.4 Å². The maximum atomic E-state index is 12.8. The first kappa shape index (κ1) is 15.6. The van der Waals surface area contributed by atoms with Gasteiger partial charge in [-0.25, -0.2) is 4.98 Å². The van der Waals surface area contributed by atoms with Gasteiger partial charge in [-0.3, -0.25) is 9.20 Å². The van der Waals surface area contributed by atoms with Crippen molar-refractivity contribution in [2.45, 2.75) is 19.8 Å². The van der Waals surface area contributed by atoms with E-state index in [1.165, 1.54) is 5.56 Å². The lowest BCUT2D eigenvalue weighted by atomic mass is 10.1. The summed E-state index contributed by atoms with van der Waals surface area (Å²) in [5.74, 6) is 0. The van der Waals surface area contributed by atoms with Crippen LogP contribution >= 0.6 is 0 Å². The number of aromatic amines is 1. The number of nitriles is 1. The van der Waals surface area contributed by atoms with Crippen molar-refractivity contribution in [3.63, 3.8) is 0 Å². The summed E-state index contributed by atoms with van der Waals surface area (Å²) in [7, 11) is 0. The number of aryl methyl sites for hydroxylation is 1. The van der Waals surface area contributed by atoms with E-state index in [1.54, 1.807) is 6.07 Å². The molecule has 0 amide bonds. The topological polar surface area (TPSA) is 73.9 Å². The molecule has 0 unspecified atom stereocenters. The minimum atomic E-state index is -0.192. The summed E-state index contributed by atoms with van der Waals surface area (Å²) >= 11 is 0. The Balaban J connectivity index is 1.85. The summed E-state index contributed by atoms with van der Waals surface area (Å²) in [6.07, 6.45) is 1.50. The zero-order valence-electron chi connectivity index (χ0n) is 14.8. The number of imidazole rings is 1. The summed E-state index contributed by atoms with van der Waals surface area (Å²) in [5.41, 5.74) is 7.66. The van der Waals surface area contributed by atoms with Gasteiger partial charge in [-0.15, -0.1) is 0 Å². The van der Waals surface area contributed by atoms with Crippen LogP contribution in [0.15, 0.2) is 53.3 Å². The maximum Gasteiger partial charge on any atom is 0.292 e. The number of rotatable bonds is 2. The van der Waals surface area contributed by atoms with Gasteiger partial charge in [0.25, 0.3) is 5.56 Å². The van der Waals surface area contributed by atoms with Crippen LogP contribution < -0.4 is 5.56 Å². The zero-order valence-corrected chi connectivity index (χ0v) is 14.8. The standard InChI is InChI=1S/C22H16N4O/c1-2-17-19(15-8-5-6-13(10-15)12-23)24-21-22(27)25-20-16-9-4-3-7-14(16)11-18(20)26(17)21/h3-10H,2,11H2,1H3,(H,25,27). The number of fused-ring (bicyclic) bond motifs is 5. The lowest BCUT2D eigenvalue weighted by molar-refractivity contribution is 0.924. The molecule has 130 valence electrons. The molecule has 1 N–H and O–H groups in total. The number of H-pyrrole nitrogens is 1. The first-order valence-corrected chi connectivity index (χ1v) is 8.96. The fourth-order valence-corrected chi connectivity index (χ4v) is 4.03. The van der Waals surface area contributed by atoms with Gasteiger partial charge in [0.2, 0.25) is 5.65 Å². The van der Waals surface area contributed by atoms with Gasteiger partial charge in [0.05, 0.1) is 34.4 Å². The highest BCUT2D eigenvalue weighted by molar-refractivity contribution is 5.75. The van der Waals surface area contributed by atoms with Gasteiger partial charge in [0.15, 0.2) is 0 Å². The average molecular weight is 352 g/mol. The van der Waals surface area contributed by atoms with Gasteiger partial charge in [-0.2, -0.15) is 5.26 Å². The van der Waals surface area contributed by atoms with E-state index < -0.39 is 0 Å². The second-order valence-electron chi connectivity index (χ2n) is 6.72. The molecule has 2 aromatic carbocycles. The van der Waals surface area contributed by atoms with Gasteiger partial charge in [-0.1, -0.05) is 43.3 Å². The molecular formula is C22H16N4O. The largest absolute Gasteiger partial charge is 0.317 e. The molecule has 0 saturated heterocycles. The molecule has 5 rings (SSSR count). The van der Waals surface area contributed by atoms with Crippen LogP contribution in [-0.4, -0.2) is 14.4 Å². The smallest absolute Gasteiger partial charge is 0.292 e. The van der Waals surface area contributed by atoms with Crippen LogP contribution in [0.3, 0.4) is 0 Å². The van der Waals surface area contributed by atoms with Gasteiger partial charge in [0, 0.05) is 17.5 Å². The van der Waals surface area contributed by atoms with Crippen molar-refractivity contribution in [3.05, 3.63) is 81.4 Å². The van der Waals surface area contributed by atoms with E-state index in [1.807, 2.05) is 40.8 Å². The van der Waals surface area contributed by atoms with Crippen molar-refractivity contribution in [2.75, 3.05) is 0 Å². The predicted octanol–water partition coefficient (Wildman–Crippen LogP) is 3.69. The molecule has 0 aliphatic heterocycles. The van der Waals surface area contributed by atoms with E-state index in [0.717, 1.165) is 46.7 Å². The van der Waals surface area contributed by atoms with E-state index >= 15 is 0 Å². The molecule has 1 aliphatic rings. The Morgan fingerprint density at radius 3 is 2.89 bits per heavy atom. The van der Waals surface area contributed by atoms with E-state index in [9.17, 15) is 10.1 Å². The van der Waals surface area contributed by atoms with Crippen molar-refractivity contribution in [1.29, 1.82) is 5.26 Å². The molecule has 0 spiro atoms. The molecule has 27 heavy (non-hydrogen) atoms. The molecular weight excluding hydrogens is 336 g/mol. The summed E-state index contributed by atoms with van der Waals surface area (Å²) in [5, 5.41) is 9.22. The Kier molecular flexibility index (Phi) is 3.28. The van der Waals surface area contributed by atoms with Crippen LogP contribution in [0.1, 0.15) is 29.4 Å². The SMILES string of the molecule is CCc1c(-c2cccc(C#N)c2)nc2c(=O)[nH]c3c(n12)Cc1ccccc1-3. The molecule has 0 bridgehead atoms. The van der Waals surface area contributed by atoms with Gasteiger partial charge in [-0.05, 0) is 24.1 Å². The first-order chi connectivity index (χ1) is 13.2. The Labute approximate surface area is 155 Å². The number of nitrogens with one attached hydrogen (secondary N) is 1. The van der Waals surface area contributed by atoms with E-state index in [2.05, 4.69) is 29.0 Å². The number of nitrogens with zero attached hydrogens (tertiary/aromatic N) is 3. The number of benzene rings is 2. The Hall–Kier alpha value is -3.65. The Bertz CT molecular complexity index is 1320. The monoisotopic (exact) mass is 352 g/mol. The lowest BCUT2D eigenvalue weighted by Crippen LogP contribution is -2.14. The fourth-order valence-electron chi connectivity index (χ4n) is 4.03. The molecule has 1 aliphatic carbocycles. The van der Waals surface area contributed by atoms with Crippen LogP contribution in [0.2, 0.25) is 0 Å². The third-order valence-corrected chi connectivity index (χ3v) is 5.22. The van der Waals surface area contributed by atoms with Gasteiger partial charge < -0.3 is 4.98 Å². The third kappa shape index (κ3) is 2.17. The summed E-state index contributed by atoms with van der Waals surface area (Å²) in [6.45, 7) is 2.07. The van der Waals surface area contributed by atoms with Crippen LogP contribution in [0.4, 0.5) is 0 Å². The Morgan fingerprint density at radius 2 is 2.07 bits per heavy atom. The molecule has 2 aromatic heterocycles. The minimum absolute atomic E-state index is 0.192. The predicted molar refractivity (Wildman–Crippen MR) is 104 cm³/mol. The highest BCUT2D eigenvalue weighted by Gasteiger charge is 2.26. The maximum absolute atomic E-state index is 12.8. The van der Waals surface area contributed by atoms with Crippen LogP contribution in [-0.2, 0) is 12.8 Å². The van der Waals surface area contributed by atoms with Gasteiger partial charge in [0.1, 0.15) is 0 Å². The van der Waals surface area contributed by atoms with Crippen molar-refractivity contribution in [3.8, 4) is 28.6 Å². The summed E-state index contributed by atoms with van der Waals surface area (Å²) in [4.78, 5) is 20.5. The van der Waals surface area contributed by atoms with Gasteiger partial charge >= 0.3 is 0 Å². The van der Waals surface area contributed by atoms with Crippen LogP contribution in [0, 0.1) is 11.3 Å². The molecule has 0 fully saturated rings. The van der Waals surface area contributed by atoms with E-state index in [4.69, 9.17) is 0 Å². The van der Waals surface area contributed by atoms with Crippen molar-refractivity contribution in [2.24, 2.45) is 0 Å². The molecule has 0 radical (unpaired) electrons. The highest BCUT2D eigenvalue weighted by atomic mass is 16.1. The molecule has 4 aromatic rings. The van der Waals surface area contributed by atoms with E-state index in [0.29, 0.717) is 11.2 Å². The average Bonchev–Trinajstić information content (AvgIpc) is 3.27. The molecule has 0 atom stereocenters. The quantitative estimate of drug-likeness (QED) is 0.526. The molecule has 5 nitrogen and oxygen atoms in total. The highest BCUT2D eigenvalue weighted by Crippen LogP contribution is 2.36. The lowest BCUT2D eigenvalue weighted by Gasteiger charge is -2.08. The summed E-state index contributed by atoms with van der Waals surface area (Å²) < 4.78 is 2.02.